The normalized spacial score (nSPS) is 15.2. The average Bonchev–Trinajstić information content (AvgIpc) is 3.29. The van der Waals surface area contributed by atoms with Crippen molar-refractivity contribution >= 4 is 34.4 Å². The molecule has 11 nitrogen and oxygen atoms in total. The number of piperidine rings is 1. The Balaban J connectivity index is 1.12. The quantitative estimate of drug-likeness (QED) is 0.213. The van der Waals surface area contributed by atoms with Crippen molar-refractivity contribution in [1.82, 2.24) is 14.5 Å². The van der Waals surface area contributed by atoms with E-state index in [4.69, 9.17) is 18.9 Å². The molecule has 2 aromatic heterocycles. The molecule has 7 rings (SSSR count). The lowest BCUT2D eigenvalue weighted by molar-refractivity contribution is 0.103. The van der Waals surface area contributed by atoms with Crippen LogP contribution in [0.2, 0.25) is 0 Å². The second-order valence-corrected chi connectivity index (χ2v) is 12.3. The number of hydrogen-bond acceptors (Lipinski definition) is 8. The Bertz CT molecular complexity index is 2060. The van der Waals surface area contributed by atoms with E-state index >= 15 is 0 Å². The van der Waals surface area contributed by atoms with Crippen LogP contribution in [0.15, 0.2) is 82.0 Å². The Morgan fingerprint density at radius 2 is 1.75 bits per heavy atom. The number of urea groups is 1. The van der Waals surface area contributed by atoms with Crippen LogP contribution in [0.4, 0.5) is 16.3 Å². The minimum absolute atomic E-state index is 0.0614. The number of hydrogen-bond donors (Lipinski definition) is 1. The zero-order valence-electron chi connectivity index (χ0n) is 27.2. The average molecular weight is 648 g/mol. The topological polar surface area (TPSA) is 119 Å². The van der Waals surface area contributed by atoms with Crippen molar-refractivity contribution in [1.29, 1.82) is 0 Å². The molecule has 48 heavy (non-hydrogen) atoms. The number of nitrogens with zero attached hydrogens (tertiary/aromatic N) is 4. The molecule has 1 N–H and O–H groups in total. The number of oxazole rings is 1. The van der Waals surface area contributed by atoms with Crippen molar-refractivity contribution in [3.8, 4) is 11.6 Å². The molecule has 0 unspecified atom stereocenters. The minimum Gasteiger partial charge on any atom is -0.497 e. The second kappa shape index (κ2) is 12.9. The molecule has 5 aromatic rings. The smallest absolute Gasteiger partial charge is 0.419 e. The van der Waals surface area contributed by atoms with E-state index in [1.165, 1.54) is 4.57 Å². The highest BCUT2D eigenvalue weighted by Crippen LogP contribution is 2.30. The zero-order chi connectivity index (χ0) is 33.4. The summed E-state index contributed by atoms with van der Waals surface area (Å²) in [5.74, 6) is 1.03. The molecule has 11 heteroatoms. The van der Waals surface area contributed by atoms with Crippen LogP contribution in [0.3, 0.4) is 0 Å². The third-order valence-electron chi connectivity index (χ3n) is 9.28. The number of rotatable bonds is 8. The Morgan fingerprint density at radius 1 is 0.979 bits per heavy atom. The largest absolute Gasteiger partial charge is 0.497 e. The molecule has 4 heterocycles. The van der Waals surface area contributed by atoms with Crippen molar-refractivity contribution in [2.75, 3.05) is 37.0 Å². The van der Waals surface area contributed by atoms with Crippen LogP contribution in [-0.4, -0.2) is 59.1 Å². The maximum atomic E-state index is 14.0. The van der Waals surface area contributed by atoms with E-state index in [0.29, 0.717) is 60.2 Å². The lowest BCUT2D eigenvalue weighted by Crippen LogP contribution is -2.49. The molecule has 2 aliphatic rings. The van der Waals surface area contributed by atoms with E-state index in [9.17, 15) is 14.4 Å². The summed E-state index contributed by atoms with van der Waals surface area (Å²) in [5, 5.41) is 3.08. The van der Waals surface area contributed by atoms with Crippen molar-refractivity contribution in [2.45, 2.75) is 38.8 Å². The van der Waals surface area contributed by atoms with E-state index in [2.05, 4.69) is 10.2 Å². The number of pyridine rings is 1. The van der Waals surface area contributed by atoms with E-state index in [-0.39, 0.29) is 17.9 Å². The number of ketones is 1. The molecule has 0 aliphatic carbocycles. The summed E-state index contributed by atoms with van der Waals surface area (Å²) in [6.45, 7) is 4.06. The molecule has 1 saturated heterocycles. The number of ether oxygens (including phenoxy) is 2. The van der Waals surface area contributed by atoms with Gasteiger partial charge in [-0.05, 0) is 79.3 Å². The van der Waals surface area contributed by atoms with Gasteiger partial charge in [0.05, 0.1) is 12.6 Å². The predicted molar refractivity (Wildman–Crippen MR) is 182 cm³/mol. The Morgan fingerprint density at radius 3 is 2.52 bits per heavy atom. The molecule has 0 spiro atoms. The van der Waals surface area contributed by atoms with Gasteiger partial charge in [-0.2, -0.15) is 4.98 Å². The van der Waals surface area contributed by atoms with Gasteiger partial charge in [0.25, 0.3) is 0 Å². The summed E-state index contributed by atoms with van der Waals surface area (Å²) < 4.78 is 18.4. The summed E-state index contributed by atoms with van der Waals surface area (Å²) in [4.78, 5) is 48.3. The molecule has 0 radical (unpaired) electrons. The highest BCUT2D eigenvalue weighted by atomic mass is 16.5. The number of fused-ring (bicyclic) bond motifs is 2. The first-order valence-corrected chi connectivity index (χ1v) is 16.1. The van der Waals surface area contributed by atoms with Crippen LogP contribution in [-0.2, 0) is 20.1 Å². The number of carbonyl (C=O) groups is 2. The number of aromatic nitrogens is 2. The Hall–Kier alpha value is -5.58. The molecular weight excluding hydrogens is 610 g/mol. The highest BCUT2D eigenvalue weighted by molar-refractivity contribution is 6.11. The third kappa shape index (κ3) is 6.11. The number of nitrogens with one attached hydrogen (secondary N) is 1. The van der Waals surface area contributed by atoms with Gasteiger partial charge in [0, 0.05) is 55.6 Å². The number of aryl methyl sites for hydroxylation is 2. The zero-order valence-corrected chi connectivity index (χ0v) is 27.2. The van der Waals surface area contributed by atoms with Gasteiger partial charge in [-0.1, -0.05) is 30.3 Å². The second-order valence-electron chi connectivity index (χ2n) is 12.3. The lowest BCUT2D eigenvalue weighted by atomic mass is 10.00. The number of benzene rings is 3. The number of methoxy groups -OCH3 is 1. The Labute approximate surface area is 277 Å². The molecule has 2 aliphatic heterocycles. The van der Waals surface area contributed by atoms with Crippen LogP contribution in [0.25, 0.3) is 11.1 Å². The summed E-state index contributed by atoms with van der Waals surface area (Å²) in [6, 6.07) is 22.3. The summed E-state index contributed by atoms with van der Waals surface area (Å²) >= 11 is 0. The Kier molecular flexibility index (Phi) is 8.34. The molecule has 246 valence electrons. The van der Waals surface area contributed by atoms with Gasteiger partial charge < -0.3 is 29.0 Å². The minimum atomic E-state index is -0.480. The fourth-order valence-corrected chi connectivity index (χ4v) is 6.71. The fourth-order valence-electron chi connectivity index (χ4n) is 6.71. The van der Waals surface area contributed by atoms with Crippen molar-refractivity contribution < 1.29 is 23.5 Å². The fraction of sp³-hybridized carbons (Fsp3) is 0.297. The SMILES string of the molecule is COc1ccc2c(c1)CCN(C1CCN(c3cc(C(=O)c4cc(C)c5c(c4)oc(=O)n5C)cc(OCc4ccccc4)n3)CC1)C(=O)N2. The molecule has 0 bridgehead atoms. The summed E-state index contributed by atoms with van der Waals surface area (Å²) in [7, 11) is 3.29. The molecular formula is C37H37N5O6. The first kappa shape index (κ1) is 31.0. The van der Waals surface area contributed by atoms with Crippen molar-refractivity contribution in [2.24, 2.45) is 7.05 Å². The van der Waals surface area contributed by atoms with Gasteiger partial charge in [0.15, 0.2) is 11.4 Å². The lowest BCUT2D eigenvalue weighted by Gasteiger charge is -2.38. The maximum Gasteiger partial charge on any atom is 0.419 e. The first-order chi connectivity index (χ1) is 23.3. The van der Waals surface area contributed by atoms with Crippen LogP contribution in [0.5, 0.6) is 11.6 Å². The number of amides is 2. The van der Waals surface area contributed by atoms with Gasteiger partial charge in [-0.25, -0.2) is 9.59 Å². The van der Waals surface area contributed by atoms with Gasteiger partial charge in [0.1, 0.15) is 18.2 Å². The van der Waals surface area contributed by atoms with E-state index in [1.807, 2.05) is 60.4 Å². The van der Waals surface area contributed by atoms with E-state index in [1.54, 1.807) is 38.4 Å². The highest BCUT2D eigenvalue weighted by Gasteiger charge is 2.31. The van der Waals surface area contributed by atoms with Gasteiger partial charge in [-0.15, -0.1) is 0 Å². The van der Waals surface area contributed by atoms with Gasteiger partial charge in [0.2, 0.25) is 5.88 Å². The summed E-state index contributed by atoms with van der Waals surface area (Å²) in [5.41, 5.74) is 5.47. The van der Waals surface area contributed by atoms with Gasteiger partial charge in [-0.3, -0.25) is 9.36 Å². The monoisotopic (exact) mass is 647 g/mol. The third-order valence-corrected chi connectivity index (χ3v) is 9.28. The first-order valence-electron chi connectivity index (χ1n) is 16.1. The molecule has 3 aromatic carbocycles. The van der Waals surface area contributed by atoms with Gasteiger partial charge >= 0.3 is 11.8 Å². The molecule has 1 fully saturated rings. The van der Waals surface area contributed by atoms with Crippen molar-refractivity contribution in [3.63, 3.8) is 0 Å². The maximum absolute atomic E-state index is 14.0. The van der Waals surface area contributed by atoms with Crippen LogP contribution < -0.4 is 25.4 Å². The predicted octanol–water partition coefficient (Wildman–Crippen LogP) is 5.71. The molecule has 0 saturated carbocycles. The van der Waals surface area contributed by atoms with Crippen LogP contribution in [0.1, 0.15) is 45.5 Å². The standard InChI is InChI=1S/C37H37N5O6/c1-23-17-26(19-31-34(23)40(2)37(45)48-31)35(43)27-20-32(39-33(21-27)47-22-24-7-5-4-6-8-24)41-14-12-28(13-15-41)42-16-11-25-18-29(46-3)9-10-30(25)38-36(42)44/h4-10,17-21,28H,11-16,22H2,1-3H3,(H,38,44). The molecule has 2 amide bonds. The van der Waals surface area contributed by atoms with Crippen molar-refractivity contribution in [3.05, 3.63) is 111 Å². The van der Waals surface area contributed by atoms with Crippen LogP contribution in [0, 0.1) is 6.92 Å². The van der Waals surface area contributed by atoms with E-state index in [0.717, 1.165) is 47.4 Å². The van der Waals surface area contributed by atoms with Crippen LogP contribution >= 0.6 is 0 Å². The number of anilines is 2. The molecule has 0 atom stereocenters. The summed E-state index contributed by atoms with van der Waals surface area (Å²) in [6.07, 6.45) is 2.23. The van der Waals surface area contributed by atoms with E-state index < -0.39 is 5.76 Å². The number of carbonyl (C=O) groups excluding carboxylic acids is 2.